The largest absolute Gasteiger partial charge is 0.411 e. The van der Waals surface area contributed by atoms with Crippen LogP contribution in [0.25, 0.3) is 0 Å². The molecule has 0 bridgehead atoms. The van der Waals surface area contributed by atoms with Crippen molar-refractivity contribution in [3.63, 3.8) is 0 Å². The molecule has 0 aromatic carbocycles. The van der Waals surface area contributed by atoms with Crippen LogP contribution < -0.4 is 0 Å². The van der Waals surface area contributed by atoms with E-state index >= 15 is 0 Å². The van der Waals surface area contributed by atoms with Crippen LogP contribution in [-0.4, -0.2) is 10.9 Å². The summed E-state index contributed by atoms with van der Waals surface area (Å²) in [5.41, 5.74) is 2.25. The third-order valence-electron chi connectivity index (χ3n) is 9.29. The maximum absolute atomic E-state index is 9.48. The Morgan fingerprint density at radius 1 is 0.913 bits per heavy atom. The molecule has 4 fully saturated rings. The number of fused-ring (bicyclic) bond motifs is 5. The zero-order valence-corrected chi connectivity index (χ0v) is 15.6. The Hall–Kier alpha value is -0.530. The Kier molecular flexibility index (Phi) is 3.46. The molecule has 0 saturated heterocycles. The van der Waals surface area contributed by atoms with Gasteiger partial charge in [-0.15, -0.1) is 0 Å². The van der Waals surface area contributed by atoms with Crippen molar-refractivity contribution in [2.75, 3.05) is 0 Å². The highest BCUT2D eigenvalue weighted by atomic mass is 16.4. The van der Waals surface area contributed by atoms with E-state index in [0.29, 0.717) is 16.7 Å². The molecule has 4 aliphatic rings. The Morgan fingerprint density at radius 3 is 2.43 bits per heavy atom. The Morgan fingerprint density at radius 2 is 1.70 bits per heavy atom. The van der Waals surface area contributed by atoms with E-state index in [9.17, 15) is 5.21 Å². The fraction of sp³-hybridized carbons (Fsp3) is 0.952. The fourth-order valence-electron chi connectivity index (χ4n) is 8.08. The molecule has 1 unspecified atom stereocenters. The van der Waals surface area contributed by atoms with E-state index in [1.807, 2.05) is 0 Å². The maximum atomic E-state index is 9.48. The average Bonchev–Trinajstić information content (AvgIpc) is 2.88. The van der Waals surface area contributed by atoms with Crippen molar-refractivity contribution in [1.82, 2.24) is 0 Å². The van der Waals surface area contributed by atoms with E-state index in [2.05, 4.69) is 32.9 Å². The highest BCUT2D eigenvalue weighted by molar-refractivity contribution is 5.90. The third-order valence-corrected chi connectivity index (χ3v) is 9.29. The molecule has 4 rings (SSSR count). The minimum atomic E-state index is 0.0726. The second-order valence-corrected chi connectivity index (χ2v) is 10.4. The summed E-state index contributed by atoms with van der Waals surface area (Å²) < 4.78 is 0. The smallest absolute Gasteiger partial charge is 0.0630 e. The molecule has 130 valence electrons. The van der Waals surface area contributed by atoms with Crippen LogP contribution in [0.2, 0.25) is 0 Å². The van der Waals surface area contributed by atoms with Gasteiger partial charge in [-0.1, -0.05) is 39.3 Å². The van der Waals surface area contributed by atoms with Crippen LogP contribution in [-0.2, 0) is 0 Å². The molecule has 0 aromatic heterocycles. The molecule has 1 N–H and O–H groups in total. The summed E-state index contributed by atoms with van der Waals surface area (Å²) in [6.07, 6.45) is 12.4. The lowest BCUT2D eigenvalue weighted by molar-refractivity contribution is -0.116. The molecule has 0 radical (unpaired) electrons. The molecule has 0 aliphatic heterocycles. The summed E-state index contributed by atoms with van der Waals surface area (Å²) >= 11 is 0. The van der Waals surface area contributed by atoms with Crippen molar-refractivity contribution in [2.45, 2.75) is 85.5 Å². The van der Waals surface area contributed by atoms with Crippen LogP contribution in [0.3, 0.4) is 0 Å². The monoisotopic (exact) mass is 317 g/mol. The molecule has 0 aromatic rings. The molecule has 2 heteroatoms. The van der Waals surface area contributed by atoms with Crippen molar-refractivity contribution in [2.24, 2.45) is 45.1 Å². The van der Waals surface area contributed by atoms with Crippen LogP contribution in [0.1, 0.15) is 85.5 Å². The zero-order valence-electron chi connectivity index (χ0n) is 15.6. The number of hydrogen-bond acceptors (Lipinski definition) is 2. The number of nitrogens with zero attached hydrogens (tertiary/aromatic N) is 1. The van der Waals surface area contributed by atoms with Crippen LogP contribution in [0, 0.1) is 39.9 Å². The average molecular weight is 318 g/mol. The van der Waals surface area contributed by atoms with Gasteiger partial charge in [-0.3, -0.25) is 0 Å². The Labute approximate surface area is 142 Å². The minimum absolute atomic E-state index is 0.0726. The molecule has 2 nitrogen and oxygen atoms in total. The highest BCUT2D eigenvalue weighted by Gasteiger charge is 2.61. The van der Waals surface area contributed by atoms with Gasteiger partial charge in [-0.05, 0) is 85.9 Å². The molecule has 4 aliphatic carbocycles. The number of oxime groups is 1. The van der Waals surface area contributed by atoms with Crippen molar-refractivity contribution >= 4 is 5.71 Å². The number of rotatable bonds is 0. The van der Waals surface area contributed by atoms with Gasteiger partial charge in [0.1, 0.15) is 0 Å². The van der Waals surface area contributed by atoms with Gasteiger partial charge >= 0.3 is 0 Å². The van der Waals surface area contributed by atoms with Gasteiger partial charge < -0.3 is 5.21 Å². The van der Waals surface area contributed by atoms with Crippen molar-refractivity contribution in [3.8, 4) is 0 Å². The number of hydrogen-bond donors (Lipinski definition) is 1. The maximum Gasteiger partial charge on any atom is 0.0630 e. The molecule has 0 heterocycles. The van der Waals surface area contributed by atoms with Gasteiger partial charge in [-0.2, -0.15) is 0 Å². The van der Waals surface area contributed by atoms with Gasteiger partial charge in [0.2, 0.25) is 0 Å². The first-order valence-electron chi connectivity index (χ1n) is 10.0. The zero-order chi connectivity index (χ0) is 16.5. The van der Waals surface area contributed by atoms with E-state index in [4.69, 9.17) is 0 Å². The van der Waals surface area contributed by atoms with Crippen LogP contribution >= 0.6 is 0 Å². The molecular weight excluding hydrogens is 282 g/mol. The van der Waals surface area contributed by atoms with E-state index in [0.717, 1.165) is 29.9 Å². The molecule has 4 saturated carbocycles. The topological polar surface area (TPSA) is 32.6 Å². The Balaban J connectivity index is 1.68. The lowest BCUT2D eigenvalue weighted by atomic mass is 9.41. The van der Waals surface area contributed by atoms with Gasteiger partial charge in [0.15, 0.2) is 0 Å². The second kappa shape index (κ2) is 4.99. The van der Waals surface area contributed by atoms with Gasteiger partial charge in [0.25, 0.3) is 0 Å². The fourth-order valence-corrected chi connectivity index (χ4v) is 8.08. The summed E-state index contributed by atoms with van der Waals surface area (Å²) in [6, 6.07) is 0. The Bertz CT molecular complexity index is 524. The quantitative estimate of drug-likeness (QED) is 0.439. The van der Waals surface area contributed by atoms with E-state index in [1.165, 1.54) is 51.4 Å². The first-order chi connectivity index (χ1) is 10.8. The molecule has 23 heavy (non-hydrogen) atoms. The lowest BCUT2D eigenvalue weighted by Crippen LogP contribution is -2.57. The minimum Gasteiger partial charge on any atom is -0.411 e. The van der Waals surface area contributed by atoms with Crippen molar-refractivity contribution in [1.29, 1.82) is 0 Å². The molecule has 6 atom stereocenters. The van der Waals surface area contributed by atoms with Crippen LogP contribution in [0.4, 0.5) is 0 Å². The summed E-state index contributed by atoms with van der Waals surface area (Å²) in [5, 5.41) is 13.2. The van der Waals surface area contributed by atoms with E-state index in [1.54, 1.807) is 0 Å². The summed E-state index contributed by atoms with van der Waals surface area (Å²) in [6.45, 7) is 9.87. The highest BCUT2D eigenvalue weighted by Crippen LogP contribution is 2.68. The third kappa shape index (κ3) is 2.02. The van der Waals surface area contributed by atoms with Crippen LogP contribution in [0.15, 0.2) is 5.16 Å². The van der Waals surface area contributed by atoms with E-state index in [-0.39, 0.29) is 5.41 Å². The van der Waals surface area contributed by atoms with Gasteiger partial charge in [0, 0.05) is 5.41 Å². The second-order valence-electron chi connectivity index (χ2n) is 10.4. The van der Waals surface area contributed by atoms with E-state index < -0.39 is 0 Å². The standard InChI is InChI=1S/C21H35NO/c1-19(2)17-8-7-14-15-6-5-11-20(15,3)12-9-16(14)21(17,4)13-10-18(19)22-23/h14-17,23H,5-13H2,1-4H3/b22-18+/t14-,15-,16-,17?,20-,21+/m0/s1. The SMILES string of the molecule is CC1(C)/C(=N/O)CC[C@@]2(C)C1CC[C@H]1[C@@H]3CCC[C@@]3(C)CC[C@@H]12. The summed E-state index contributed by atoms with van der Waals surface area (Å²) in [4.78, 5) is 0. The predicted octanol–water partition coefficient (Wildman–Crippen LogP) is 5.89. The van der Waals surface area contributed by atoms with Gasteiger partial charge in [0.05, 0.1) is 5.71 Å². The van der Waals surface area contributed by atoms with Crippen molar-refractivity contribution in [3.05, 3.63) is 0 Å². The van der Waals surface area contributed by atoms with Gasteiger partial charge in [-0.25, -0.2) is 0 Å². The normalized spacial score (nSPS) is 53.5. The molecule has 0 amide bonds. The van der Waals surface area contributed by atoms with Crippen LogP contribution in [0.5, 0.6) is 0 Å². The molecular formula is C21H35NO. The summed E-state index contributed by atoms with van der Waals surface area (Å²) in [7, 11) is 0. The first-order valence-corrected chi connectivity index (χ1v) is 10.0. The molecule has 0 spiro atoms. The first kappa shape index (κ1) is 16.0. The predicted molar refractivity (Wildman–Crippen MR) is 94.7 cm³/mol. The summed E-state index contributed by atoms with van der Waals surface area (Å²) in [5.74, 6) is 3.58. The lowest BCUT2D eigenvalue weighted by Gasteiger charge is -2.63. The van der Waals surface area contributed by atoms with Crippen molar-refractivity contribution < 1.29 is 5.21 Å².